The summed E-state index contributed by atoms with van der Waals surface area (Å²) in [6.07, 6.45) is 0. The third-order valence-corrected chi connectivity index (χ3v) is 1.80. The Morgan fingerprint density at radius 2 is 1.14 bits per heavy atom. The average Bonchev–Trinajstić information content (AvgIpc) is 2.26. The largest absolute Gasteiger partial charge is 0.493 e. The van der Waals surface area contributed by atoms with Gasteiger partial charge in [-0.05, 0) is 0 Å². The minimum Gasteiger partial charge on any atom is -0.493 e. The highest BCUT2D eigenvalue weighted by molar-refractivity contribution is 5.54. The Hall–Kier alpha value is -1.62. The molecule has 0 radical (unpaired) electrons. The lowest BCUT2D eigenvalue weighted by Crippen LogP contribution is -2.04. The molecule has 14 heavy (non-hydrogen) atoms. The first-order valence-corrected chi connectivity index (χ1v) is 3.93. The molecule has 1 aromatic rings. The van der Waals surface area contributed by atoms with Gasteiger partial charge in [-0.2, -0.15) is 5.90 Å². The van der Waals surface area contributed by atoms with Crippen molar-refractivity contribution in [2.24, 2.45) is 5.90 Å². The van der Waals surface area contributed by atoms with Gasteiger partial charge in [0.1, 0.15) is 0 Å². The van der Waals surface area contributed by atoms with Crippen LogP contribution in [0.5, 0.6) is 23.0 Å². The average molecular weight is 199 g/mol. The number of ether oxygens (including phenoxy) is 3. The number of methoxy groups -OCH3 is 3. The predicted octanol–water partition coefficient (Wildman–Crippen LogP) is 0.965. The molecule has 0 aliphatic heterocycles. The van der Waals surface area contributed by atoms with Crippen molar-refractivity contribution in [3.8, 4) is 23.0 Å². The Morgan fingerprint density at radius 3 is 1.50 bits per heavy atom. The van der Waals surface area contributed by atoms with Crippen molar-refractivity contribution in [2.75, 3.05) is 21.3 Å². The molecular weight excluding hydrogens is 186 g/mol. The van der Waals surface area contributed by atoms with Crippen molar-refractivity contribution in [1.82, 2.24) is 0 Å². The van der Waals surface area contributed by atoms with E-state index < -0.39 is 0 Å². The molecule has 0 amide bonds. The summed E-state index contributed by atoms with van der Waals surface area (Å²) in [6, 6.07) is 3.23. The van der Waals surface area contributed by atoms with Crippen LogP contribution in [0.3, 0.4) is 0 Å². The predicted molar refractivity (Wildman–Crippen MR) is 50.9 cm³/mol. The van der Waals surface area contributed by atoms with Crippen molar-refractivity contribution in [2.45, 2.75) is 0 Å². The van der Waals surface area contributed by atoms with Crippen LogP contribution in [0.4, 0.5) is 0 Å². The Kier molecular flexibility index (Phi) is 3.41. The standard InChI is InChI=1S/C9H13NO4/c1-11-6-4-8(13-3)9(14-10)5-7(6)12-2/h4-5H,10H2,1-3H3. The number of hydrogen-bond acceptors (Lipinski definition) is 5. The van der Waals surface area contributed by atoms with Crippen LogP contribution in [0.2, 0.25) is 0 Å². The first kappa shape index (κ1) is 10.5. The van der Waals surface area contributed by atoms with E-state index in [9.17, 15) is 0 Å². The van der Waals surface area contributed by atoms with E-state index in [1.807, 2.05) is 0 Å². The third-order valence-electron chi connectivity index (χ3n) is 1.80. The van der Waals surface area contributed by atoms with E-state index in [1.165, 1.54) is 14.2 Å². The van der Waals surface area contributed by atoms with Crippen LogP contribution in [0.15, 0.2) is 12.1 Å². The smallest absolute Gasteiger partial charge is 0.192 e. The molecule has 0 unspecified atom stereocenters. The third kappa shape index (κ3) is 1.82. The van der Waals surface area contributed by atoms with Crippen LogP contribution in [-0.4, -0.2) is 21.3 Å². The van der Waals surface area contributed by atoms with Gasteiger partial charge in [0.15, 0.2) is 23.0 Å². The van der Waals surface area contributed by atoms with Crippen LogP contribution in [-0.2, 0) is 0 Å². The van der Waals surface area contributed by atoms with Gasteiger partial charge in [-0.1, -0.05) is 0 Å². The molecule has 0 atom stereocenters. The SMILES string of the molecule is COc1cc(OC)c(ON)cc1OC. The molecule has 0 fully saturated rings. The Morgan fingerprint density at radius 1 is 0.786 bits per heavy atom. The van der Waals surface area contributed by atoms with E-state index in [4.69, 9.17) is 20.1 Å². The van der Waals surface area contributed by atoms with Crippen LogP contribution in [0.1, 0.15) is 0 Å². The minimum atomic E-state index is 0.394. The van der Waals surface area contributed by atoms with Crippen LogP contribution < -0.4 is 24.9 Å². The monoisotopic (exact) mass is 199 g/mol. The molecular formula is C9H13NO4. The molecule has 5 nitrogen and oxygen atoms in total. The highest BCUT2D eigenvalue weighted by atomic mass is 16.6. The molecule has 2 N–H and O–H groups in total. The van der Waals surface area contributed by atoms with Gasteiger partial charge in [-0.3, -0.25) is 0 Å². The Labute approximate surface area is 82.3 Å². The van der Waals surface area contributed by atoms with Crippen LogP contribution in [0.25, 0.3) is 0 Å². The van der Waals surface area contributed by atoms with Crippen LogP contribution in [0, 0.1) is 0 Å². The summed E-state index contributed by atoms with van der Waals surface area (Å²) in [5, 5.41) is 0. The molecule has 0 heterocycles. The van der Waals surface area contributed by atoms with E-state index >= 15 is 0 Å². The topological polar surface area (TPSA) is 62.9 Å². The normalized spacial score (nSPS) is 9.43. The maximum Gasteiger partial charge on any atom is 0.192 e. The molecule has 0 aliphatic rings. The molecule has 1 aromatic carbocycles. The molecule has 1 rings (SSSR count). The molecule has 0 saturated heterocycles. The molecule has 5 heteroatoms. The van der Waals surface area contributed by atoms with Gasteiger partial charge in [0.2, 0.25) is 0 Å². The lowest BCUT2D eigenvalue weighted by Gasteiger charge is -2.12. The summed E-state index contributed by atoms with van der Waals surface area (Å²) < 4.78 is 15.2. The van der Waals surface area contributed by atoms with Gasteiger partial charge < -0.3 is 19.0 Å². The number of rotatable bonds is 4. The lowest BCUT2D eigenvalue weighted by molar-refractivity contribution is 0.296. The quantitative estimate of drug-likeness (QED) is 0.732. The zero-order chi connectivity index (χ0) is 10.6. The zero-order valence-electron chi connectivity index (χ0n) is 8.37. The van der Waals surface area contributed by atoms with E-state index in [0.29, 0.717) is 23.0 Å². The van der Waals surface area contributed by atoms with Gasteiger partial charge in [0, 0.05) is 12.1 Å². The van der Waals surface area contributed by atoms with Crippen molar-refractivity contribution in [3.05, 3.63) is 12.1 Å². The summed E-state index contributed by atoms with van der Waals surface area (Å²) in [6.45, 7) is 0. The molecule has 0 saturated carbocycles. The highest BCUT2D eigenvalue weighted by Gasteiger charge is 2.11. The fourth-order valence-electron chi connectivity index (χ4n) is 1.09. The number of hydrogen-bond donors (Lipinski definition) is 1. The van der Waals surface area contributed by atoms with Crippen molar-refractivity contribution >= 4 is 0 Å². The van der Waals surface area contributed by atoms with E-state index in [0.717, 1.165) is 0 Å². The number of nitrogens with two attached hydrogens (primary N) is 1. The fourth-order valence-corrected chi connectivity index (χ4v) is 1.09. The van der Waals surface area contributed by atoms with Crippen LogP contribution >= 0.6 is 0 Å². The second kappa shape index (κ2) is 4.57. The number of benzene rings is 1. The maximum atomic E-state index is 5.08. The summed E-state index contributed by atoms with van der Waals surface area (Å²) in [5.74, 6) is 7.05. The Bertz CT molecular complexity index is 256. The molecule has 0 aliphatic carbocycles. The van der Waals surface area contributed by atoms with Crippen molar-refractivity contribution in [1.29, 1.82) is 0 Å². The highest BCUT2D eigenvalue weighted by Crippen LogP contribution is 2.38. The van der Waals surface area contributed by atoms with Gasteiger partial charge in [0.25, 0.3) is 0 Å². The van der Waals surface area contributed by atoms with Crippen molar-refractivity contribution < 1.29 is 19.0 Å². The van der Waals surface area contributed by atoms with Gasteiger partial charge in [-0.25, -0.2) is 0 Å². The maximum absolute atomic E-state index is 5.08. The second-order valence-electron chi connectivity index (χ2n) is 2.48. The van der Waals surface area contributed by atoms with Gasteiger partial charge >= 0.3 is 0 Å². The molecule has 0 bridgehead atoms. The first-order valence-electron chi connectivity index (χ1n) is 3.93. The summed E-state index contributed by atoms with van der Waals surface area (Å²) in [7, 11) is 4.59. The van der Waals surface area contributed by atoms with Gasteiger partial charge in [-0.15, -0.1) is 0 Å². The fraction of sp³-hybridized carbons (Fsp3) is 0.333. The summed E-state index contributed by atoms with van der Waals surface area (Å²) in [4.78, 5) is 4.62. The molecule has 0 aromatic heterocycles. The Balaban J connectivity index is 3.20. The lowest BCUT2D eigenvalue weighted by atomic mass is 10.2. The van der Waals surface area contributed by atoms with E-state index in [1.54, 1.807) is 19.2 Å². The second-order valence-corrected chi connectivity index (χ2v) is 2.48. The summed E-state index contributed by atoms with van der Waals surface area (Å²) >= 11 is 0. The molecule has 0 spiro atoms. The zero-order valence-corrected chi connectivity index (χ0v) is 8.37. The summed E-state index contributed by atoms with van der Waals surface area (Å²) in [5.41, 5.74) is 0. The van der Waals surface area contributed by atoms with E-state index in [-0.39, 0.29) is 0 Å². The van der Waals surface area contributed by atoms with E-state index in [2.05, 4.69) is 4.84 Å². The molecule has 78 valence electrons. The van der Waals surface area contributed by atoms with Gasteiger partial charge in [0.05, 0.1) is 21.3 Å². The minimum absolute atomic E-state index is 0.394. The first-order chi connectivity index (χ1) is 6.76. The van der Waals surface area contributed by atoms with Crippen molar-refractivity contribution in [3.63, 3.8) is 0 Å².